The van der Waals surface area contributed by atoms with Crippen LogP contribution >= 0.6 is 0 Å². The van der Waals surface area contributed by atoms with Gasteiger partial charge in [0.15, 0.2) is 0 Å². The molecule has 2 N–H and O–H groups in total. The first-order chi connectivity index (χ1) is 12.0. The van der Waals surface area contributed by atoms with Gasteiger partial charge in [0.25, 0.3) is 5.91 Å². The zero-order chi connectivity index (χ0) is 18.2. The molecule has 0 bridgehead atoms. The van der Waals surface area contributed by atoms with E-state index in [0.29, 0.717) is 30.8 Å². The van der Waals surface area contributed by atoms with Crippen LogP contribution in [0, 0.1) is 12.7 Å². The van der Waals surface area contributed by atoms with Crippen LogP contribution in [0.25, 0.3) is 10.9 Å². The molecule has 1 aromatic carbocycles. The van der Waals surface area contributed by atoms with E-state index in [1.807, 2.05) is 6.92 Å². The van der Waals surface area contributed by atoms with Gasteiger partial charge in [-0.1, -0.05) is 12.8 Å². The van der Waals surface area contributed by atoms with E-state index in [-0.39, 0.29) is 17.7 Å². The largest absolute Gasteiger partial charge is 0.466 e. The van der Waals surface area contributed by atoms with Crippen LogP contribution in [0.5, 0.6) is 0 Å². The number of hydrogen-bond acceptors (Lipinski definition) is 3. The molecule has 2 aromatic rings. The molecular weight excluding hydrogens is 323 g/mol. The maximum Gasteiger partial charge on any atom is 0.305 e. The van der Waals surface area contributed by atoms with Gasteiger partial charge in [-0.15, -0.1) is 0 Å². The first-order valence-corrected chi connectivity index (χ1v) is 8.74. The average molecular weight is 348 g/mol. The van der Waals surface area contributed by atoms with Crippen LogP contribution in [0.2, 0.25) is 0 Å². The number of aromatic nitrogens is 1. The lowest BCUT2D eigenvalue weighted by molar-refractivity contribution is -0.143. The number of fused-ring (bicyclic) bond motifs is 1. The number of aryl methyl sites for hydroxylation is 1. The Balaban J connectivity index is 1.71. The third-order valence-corrected chi connectivity index (χ3v) is 4.05. The fourth-order valence-corrected chi connectivity index (χ4v) is 2.78. The van der Waals surface area contributed by atoms with Crippen molar-refractivity contribution in [2.24, 2.45) is 0 Å². The standard InChI is InChI=1S/C19H25FN2O3/c1-3-25-18(23)8-6-4-5-7-9-21-19(24)17-12-15-13(2)10-14(20)11-16(15)22-17/h10-12,22H,3-9H2,1-2H3,(H,21,24). The Morgan fingerprint density at radius 3 is 2.68 bits per heavy atom. The van der Waals surface area contributed by atoms with Gasteiger partial charge in [-0.25, -0.2) is 4.39 Å². The number of carbonyl (C=O) groups excluding carboxylic acids is 2. The first kappa shape index (κ1) is 19.0. The summed E-state index contributed by atoms with van der Waals surface area (Å²) < 4.78 is 18.3. The van der Waals surface area contributed by atoms with Crippen LogP contribution in [0.4, 0.5) is 4.39 Å². The maximum atomic E-state index is 13.4. The van der Waals surface area contributed by atoms with Crippen molar-refractivity contribution in [1.82, 2.24) is 10.3 Å². The molecule has 0 saturated heterocycles. The van der Waals surface area contributed by atoms with Crippen molar-refractivity contribution >= 4 is 22.8 Å². The van der Waals surface area contributed by atoms with E-state index in [4.69, 9.17) is 4.74 Å². The molecule has 5 nitrogen and oxygen atoms in total. The highest BCUT2D eigenvalue weighted by molar-refractivity contribution is 5.98. The lowest BCUT2D eigenvalue weighted by Crippen LogP contribution is -2.24. The van der Waals surface area contributed by atoms with E-state index >= 15 is 0 Å². The minimum Gasteiger partial charge on any atom is -0.466 e. The molecule has 1 amide bonds. The third kappa shape index (κ3) is 5.59. The van der Waals surface area contributed by atoms with Crippen molar-refractivity contribution in [1.29, 1.82) is 0 Å². The van der Waals surface area contributed by atoms with Crippen molar-refractivity contribution in [3.05, 3.63) is 35.3 Å². The predicted molar refractivity (Wildman–Crippen MR) is 95.0 cm³/mol. The summed E-state index contributed by atoms with van der Waals surface area (Å²) >= 11 is 0. The average Bonchev–Trinajstić information content (AvgIpc) is 2.98. The number of benzene rings is 1. The van der Waals surface area contributed by atoms with Gasteiger partial charge in [0.2, 0.25) is 0 Å². The number of rotatable bonds is 9. The van der Waals surface area contributed by atoms with E-state index in [1.54, 1.807) is 13.0 Å². The molecule has 25 heavy (non-hydrogen) atoms. The molecule has 2 rings (SSSR count). The summed E-state index contributed by atoms with van der Waals surface area (Å²) in [6, 6.07) is 4.59. The second kappa shape index (κ2) is 9.20. The Labute approximate surface area is 146 Å². The second-order valence-electron chi connectivity index (χ2n) is 6.09. The number of halogens is 1. The Hall–Kier alpha value is -2.37. The number of ether oxygens (including phenoxy) is 1. The maximum absolute atomic E-state index is 13.4. The molecule has 0 aliphatic rings. The number of H-pyrrole nitrogens is 1. The van der Waals surface area contributed by atoms with Gasteiger partial charge in [0, 0.05) is 23.9 Å². The van der Waals surface area contributed by atoms with Gasteiger partial charge < -0.3 is 15.0 Å². The Morgan fingerprint density at radius 2 is 1.92 bits per heavy atom. The van der Waals surface area contributed by atoms with E-state index in [9.17, 15) is 14.0 Å². The SMILES string of the molecule is CCOC(=O)CCCCCCNC(=O)c1cc2c(C)cc(F)cc2[nH]1. The zero-order valence-electron chi connectivity index (χ0n) is 14.8. The number of hydrogen-bond donors (Lipinski definition) is 2. The number of nitrogens with one attached hydrogen (secondary N) is 2. The van der Waals surface area contributed by atoms with Gasteiger partial charge in [-0.2, -0.15) is 0 Å². The summed E-state index contributed by atoms with van der Waals surface area (Å²) in [4.78, 5) is 26.3. The van der Waals surface area contributed by atoms with Crippen molar-refractivity contribution in [3.8, 4) is 0 Å². The summed E-state index contributed by atoms with van der Waals surface area (Å²) in [6.07, 6.45) is 3.98. The van der Waals surface area contributed by atoms with Crippen molar-refractivity contribution < 1.29 is 18.7 Å². The molecule has 6 heteroatoms. The topological polar surface area (TPSA) is 71.2 Å². The van der Waals surface area contributed by atoms with Gasteiger partial charge in [-0.05, 0) is 50.5 Å². The first-order valence-electron chi connectivity index (χ1n) is 8.74. The molecule has 136 valence electrons. The van der Waals surface area contributed by atoms with E-state index in [1.165, 1.54) is 12.1 Å². The van der Waals surface area contributed by atoms with E-state index < -0.39 is 0 Å². The molecule has 1 heterocycles. The number of aromatic amines is 1. The monoisotopic (exact) mass is 348 g/mol. The highest BCUT2D eigenvalue weighted by Crippen LogP contribution is 2.21. The minimum absolute atomic E-state index is 0.152. The van der Waals surface area contributed by atoms with Crippen LogP contribution in [0.15, 0.2) is 18.2 Å². The number of carbonyl (C=O) groups is 2. The zero-order valence-corrected chi connectivity index (χ0v) is 14.8. The molecule has 0 aliphatic heterocycles. The Kier molecular flexibility index (Phi) is 6.98. The van der Waals surface area contributed by atoms with Gasteiger partial charge >= 0.3 is 5.97 Å². The van der Waals surface area contributed by atoms with Gasteiger partial charge in [0.05, 0.1) is 6.61 Å². The van der Waals surface area contributed by atoms with Crippen LogP contribution in [0.3, 0.4) is 0 Å². The minimum atomic E-state index is -0.318. The van der Waals surface area contributed by atoms with Gasteiger partial charge in [0.1, 0.15) is 11.5 Å². The number of esters is 1. The molecule has 0 atom stereocenters. The molecule has 0 spiro atoms. The molecule has 0 radical (unpaired) electrons. The Morgan fingerprint density at radius 1 is 1.16 bits per heavy atom. The summed E-state index contributed by atoms with van der Waals surface area (Å²) in [6.45, 7) is 4.61. The second-order valence-corrected chi connectivity index (χ2v) is 6.09. The molecular formula is C19H25FN2O3. The molecule has 0 fully saturated rings. The molecule has 0 saturated carbocycles. The highest BCUT2D eigenvalue weighted by atomic mass is 19.1. The number of amides is 1. The van der Waals surface area contributed by atoms with Crippen LogP contribution in [-0.4, -0.2) is 30.0 Å². The lowest BCUT2D eigenvalue weighted by atomic mass is 10.1. The third-order valence-electron chi connectivity index (χ3n) is 4.05. The fraction of sp³-hybridized carbons (Fsp3) is 0.474. The van der Waals surface area contributed by atoms with Crippen LogP contribution in [0.1, 0.15) is 55.1 Å². The van der Waals surface area contributed by atoms with Crippen molar-refractivity contribution in [3.63, 3.8) is 0 Å². The summed E-state index contributed by atoms with van der Waals surface area (Å²) in [7, 11) is 0. The molecule has 0 unspecified atom stereocenters. The van der Waals surface area contributed by atoms with E-state index in [2.05, 4.69) is 10.3 Å². The lowest BCUT2D eigenvalue weighted by Gasteiger charge is -2.04. The summed E-state index contributed by atoms with van der Waals surface area (Å²) in [5.41, 5.74) is 1.86. The molecule has 1 aromatic heterocycles. The number of unbranched alkanes of at least 4 members (excludes halogenated alkanes) is 3. The van der Waals surface area contributed by atoms with Gasteiger partial charge in [-0.3, -0.25) is 9.59 Å². The Bertz CT molecular complexity index is 740. The highest BCUT2D eigenvalue weighted by Gasteiger charge is 2.11. The van der Waals surface area contributed by atoms with Crippen molar-refractivity contribution in [2.45, 2.75) is 46.0 Å². The smallest absolute Gasteiger partial charge is 0.305 e. The molecule has 0 aliphatic carbocycles. The summed E-state index contributed by atoms with van der Waals surface area (Å²) in [5.74, 6) is -0.662. The predicted octanol–water partition coefficient (Wildman–Crippen LogP) is 3.86. The van der Waals surface area contributed by atoms with Crippen molar-refractivity contribution in [2.75, 3.05) is 13.2 Å². The summed E-state index contributed by atoms with van der Waals surface area (Å²) in [5, 5.41) is 3.71. The fourth-order valence-electron chi connectivity index (χ4n) is 2.78. The van der Waals surface area contributed by atoms with Crippen LogP contribution < -0.4 is 5.32 Å². The quantitative estimate of drug-likeness (QED) is 0.534. The van der Waals surface area contributed by atoms with E-state index in [0.717, 1.165) is 36.6 Å². The van der Waals surface area contributed by atoms with Crippen LogP contribution in [-0.2, 0) is 9.53 Å². The normalized spacial score (nSPS) is 10.8.